The molecule has 10 heteroatoms. The van der Waals surface area contributed by atoms with Gasteiger partial charge >= 0.3 is 0 Å². The van der Waals surface area contributed by atoms with Crippen molar-refractivity contribution in [3.05, 3.63) is 0 Å². The highest BCUT2D eigenvalue weighted by atomic mass is 16.7. The van der Waals surface area contributed by atoms with Crippen molar-refractivity contribution >= 4 is 11.9 Å². The smallest absolute Gasteiger partial charge is 0.217 e. The van der Waals surface area contributed by atoms with Gasteiger partial charge in [-0.3, -0.25) is 4.79 Å². The minimum atomic E-state index is -2.89. The summed E-state index contributed by atoms with van der Waals surface area (Å²) >= 11 is 0. The standard InChI is InChI=1S/C11H19NO9/c1-4(14)12-7-5(15)2-11(20,10(18)19)21-9(7)8(17)6(16)3-13/h5-9,13,15-17,20H,2-3H2,1H3,(H,12,14)(H,18,19)/p-1/t5-,6+,7+,8+,9+,11?/m0/s1. The van der Waals surface area contributed by atoms with E-state index in [9.17, 15) is 35.1 Å². The van der Waals surface area contributed by atoms with Gasteiger partial charge in [-0.15, -0.1) is 0 Å². The van der Waals surface area contributed by atoms with Crippen molar-refractivity contribution < 1.29 is 45.0 Å². The number of ether oxygens (including phenoxy) is 1. The van der Waals surface area contributed by atoms with Crippen LogP contribution in [-0.2, 0) is 14.3 Å². The van der Waals surface area contributed by atoms with Crippen molar-refractivity contribution in [1.29, 1.82) is 0 Å². The second-order valence-electron chi connectivity index (χ2n) is 4.89. The van der Waals surface area contributed by atoms with Crippen LogP contribution in [0.4, 0.5) is 0 Å². The highest BCUT2D eigenvalue weighted by Crippen LogP contribution is 2.29. The van der Waals surface area contributed by atoms with Crippen LogP contribution < -0.4 is 10.4 Å². The first-order valence-corrected chi connectivity index (χ1v) is 6.16. The number of carbonyl (C=O) groups is 2. The normalized spacial score (nSPS) is 35.8. The number of rotatable bonds is 5. The summed E-state index contributed by atoms with van der Waals surface area (Å²) in [6.07, 6.45) is -7.67. The molecule has 0 bridgehead atoms. The Morgan fingerprint density at radius 2 is 2.05 bits per heavy atom. The molecule has 122 valence electrons. The van der Waals surface area contributed by atoms with Gasteiger partial charge in [-0.2, -0.15) is 0 Å². The van der Waals surface area contributed by atoms with Crippen molar-refractivity contribution in [2.45, 2.75) is 49.6 Å². The number of hydrogen-bond donors (Lipinski definition) is 6. The lowest BCUT2D eigenvalue weighted by atomic mass is 9.88. The van der Waals surface area contributed by atoms with Crippen LogP contribution in [0.15, 0.2) is 0 Å². The Hall–Kier alpha value is -1.30. The highest BCUT2D eigenvalue weighted by Gasteiger charge is 2.50. The molecule has 10 nitrogen and oxygen atoms in total. The number of aliphatic carboxylic acids is 1. The van der Waals surface area contributed by atoms with Gasteiger partial charge in [-0.25, -0.2) is 0 Å². The van der Waals surface area contributed by atoms with Gasteiger partial charge in [0.15, 0.2) is 0 Å². The Morgan fingerprint density at radius 3 is 2.48 bits per heavy atom. The Kier molecular flexibility index (Phi) is 5.61. The van der Waals surface area contributed by atoms with Gasteiger partial charge in [0.2, 0.25) is 11.7 Å². The van der Waals surface area contributed by atoms with Crippen molar-refractivity contribution in [3.63, 3.8) is 0 Å². The van der Waals surface area contributed by atoms with Gasteiger partial charge in [-0.05, 0) is 0 Å². The summed E-state index contributed by atoms with van der Waals surface area (Å²) in [5.41, 5.74) is 0. The van der Waals surface area contributed by atoms with Crippen LogP contribution >= 0.6 is 0 Å². The van der Waals surface area contributed by atoms with E-state index in [1.165, 1.54) is 0 Å². The third-order valence-electron chi connectivity index (χ3n) is 3.19. The summed E-state index contributed by atoms with van der Waals surface area (Å²) in [6, 6.07) is -1.29. The molecule has 0 spiro atoms. The zero-order valence-corrected chi connectivity index (χ0v) is 11.2. The first-order valence-electron chi connectivity index (χ1n) is 6.16. The number of carboxylic acids is 1. The van der Waals surface area contributed by atoms with Crippen molar-refractivity contribution in [3.8, 4) is 0 Å². The second-order valence-corrected chi connectivity index (χ2v) is 4.89. The highest BCUT2D eigenvalue weighted by molar-refractivity contribution is 5.74. The molecular formula is C11H18NO9-. The fourth-order valence-electron chi connectivity index (χ4n) is 2.13. The first kappa shape index (κ1) is 17.8. The largest absolute Gasteiger partial charge is 0.544 e. The van der Waals surface area contributed by atoms with Crippen LogP contribution in [0.2, 0.25) is 0 Å². The maximum Gasteiger partial charge on any atom is 0.217 e. The third-order valence-corrected chi connectivity index (χ3v) is 3.19. The topological polar surface area (TPSA) is 180 Å². The van der Waals surface area contributed by atoms with E-state index in [4.69, 9.17) is 9.84 Å². The van der Waals surface area contributed by atoms with Gasteiger partial charge in [0.1, 0.15) is 24.3 Å². The van der Waals surface area contributed by atoms with Crippen LogP contribution in [-0.4, -0.2) is 80.3 Å². The molecule has 1 amide bonds. The predicted octanol–water partition coefficient (Wildman–Crippen LogP) is -5.21. The molecule has 0 aliphatic carbocycles. The van der Waals surface area contributed by atoms with E-state index in [0.29, 0.717) is 0 Å². The van der Waals surface area contributed by atoms with E-state index in [1.807, 2.05) is 0 Å². The maximum absolute atomic E-state index is 11.1. The monoisotopic (exact) mass is 308 g/mol. The number of amides is 1. The first-order chi connectivity index (χ1) is 9.62. The molecule has 1 fully saturated rings. The van der Waals surface area contributed by atoms with E-state index in [0.717, 1.165) is 6.92 Å². The average Bonchev–Trinajstić information content (AvgIpc) is 2.39. The lowest BCUT2D eigenvalue weighted by molar-refractivity contribution is -0.374. The lowest BCUT2D eigenvalue weighted by Gasteiger charge is -2.46. The Balaban J connectivity index is 3.07. The van der Waals surface area contributed by atoms with Crippen LogP contribution in [0, 0.1) is 0 Å². The molecule has 0 aromatic rings. The van der Waals surface area contributed by atoms with Crippen molar-refractivity contribution in [2.75, 3.05) is 6.61 Å². The fourth-order valence-corrected chi connectivity index (χ4v) is 2.13. The molecule has 1 rings (SSSR count). The molecule has 1 heterocycles. The van der Waals surface area contributed by atoms with Crippen LogP contribution in [0.25, 0.3) is 0 Å². The Labute approximate surface area is 119 Å². The maximum atomic E-state index is 11.1. The summed E-state index contributed by atoms with van der Waals surface area (Å²) in [7, 11) is 0. The molecule has 0 aromatic carbocycles. The van der Waals surface area contributed by atoms with E-state index in [2.05, 4.69) is 5.32 Å². The number of aliphatic hydroxyl groups excluding tert-OH is 4. The molecular weight excluding hydrogens is 290 g/mol. The molecule has 6 N–H and O–H groups in total. The Morgan fingerprint density at radius 1 is 1.48 bits per heavy atom. The predicted molar refractivity (Wildman–Crippen MR) is 62.2 cm³/mol. The van der Waals surface area contributed by atoms with Crippen molar-refractivity contribution in [1.82, 2.24) is 5.32 Å². The number of carboxylic acid groups (broad SMARTS) is 1. The van der Waals surface area contributed by atoms with Gasteiger partial charge in [-0.1, -0.05) is 0 Å². The summed E-state index contributed by atoms with van der Waals surface area (Å²) in [6.45, 7) is 0.228. The zero-order chi connectivity index (χ0) is 16.4. The van der Waals surface area contributed by atoms with E-state index in [1.54, 1.807) is 0 Å². The van der Waals surface area contributed by atoms with E-state index < -0.39 is 61.1 Å². The van der Waals surface area contributed by atoms with Gasteiger partial charge in [0.25, 0.3) is 0 Å². The molecule has 1 aliphatic heterocycles. The molecule has 0 radical (unpaired) electrons. The number of hydrogen-bond acceptors (Lipinski definition) is 9. The van der Waals surface area contributed by atoms with Gasteiger partial charge in [0.05, 0.1) is 18.8 Å². The molecule has 0 saturated carbocycles. The summed E-state index contributed by atoms with van der Waals surface area (Å²) in [5.74, 6) is -5.55. The number of aliphatic hydroxyl groups is 5. The summed E-state index contributed by atoms with van der Waals surface area (Å²) < 4.78 is 4.80. The lowest BCUT2D eigenvalue weighted by Crippen LogP contribution is -2.68. The molecule has 1 saturated heterocycles. The second kappa shape index (κ2) is 6.64. The fraction of sp³-hybridized carbons (Fsp3) is 0.818. The molecule has 1 aliphatic rings. The molecule has 6 atom stereocenters. The molecule has 1 unspecified atom stereocenters. The summed E-state index contributed by atoms with van der Waals surface area (Å²) in [5, 5.41) is 60.8. The van der Waals surface area contributed by atoms with Crippen molar-refractivity contribution in [2.24, 2.45) is 0 Å². The Bertz CT molecular complexity index is 403. The zero-order valence-electron chi connectivity index (χ0n) is 11.2. The summed E-state index contributed by atoms with van der Waals surface area (Å²) in [4.78, 5) is 22.0. The molecule has 0 aromatic heterocycles. The SMILES string of the molecule is CC(=O)N[C@H]1[C@H]([C@H](O)[C@H](O)CO)OC(O)(C(=O)[O-])C[C@@H]1O. The quantitative estimate of drug-likeness (QED) is 0.289. The van der Waals surface area contributed by atoms with Crippen LogP contribution in [0.3, 0.4) is 0 Å². The average molecular weight is 308 g/mol. The molecule has 21 heavy (non-hydrogen) atoms. The minimum Gasteiger partial charge on any atom is -0.544 e. The van der Waals surface area contributed by atoms with E-state index in [-0.39, 0.29) is 0 Å². The van der Waals surface area contributed by atoms with E-state index >= 15 is 0 Å². The van der Waals surface area contributed by atoms with Gasteiger partial charge in [0, 0.05) is 13.3 Å². The minimum absolute atomic E-state index is 0.614. The van der Waals surface area contributed by atoms with Crippen LogP contribution in [0.1, 0.15) is 13.3 Å². The number of nitrogens with one attached hydrogen (secondary N) is 1. The third kappa shape index (κ3) is 3.87. The van der Waals surface area contributed by atoms with Crippen LogP contribution in [0.5, 0.6) is 0 Å². The van der Waals surface area contributed by atoms with Gasteiger partial charge < -0.3 is 45.5 Å². The number of carbonyl (C=O) groups excluding carboxylic acids is 2.